The molecule has 8 heteroatoms. The van der Waals surface area contributed by atoms with Gasteiger partial charge in [0.25, 0.3) is 0 Å². The minimum Gasteiger partial charge on any atom is -0.323 e. The van der Waals surface area contributed by atoms with Gasteiger partial charge >= 0.3 is 0 Å². The maximum Gasteiger partial charge on any atom is 0.226 e. The molecule has 0 saturated heterocycles. The molecule has 0 bridgehead atoms. The average molecular weight is 341 g/mol. The minimum absolute atomic E-state index is 0.0596. The molecule has 0 atom stereocenters. The normalized spacial score (nSPS) is 18.0. The zero-order valence-electron chi connectivity index (χ0n) is 12.8. The van der Waals surface area contributed by atoms with Crippen LogP contribution in [0.1, 0.15) is 5.56 Å². The SMILES string of the molecule is CN=C1NC2=C(S(=O)(=O)c3ccccc3)NNN2c2ccccc21. The number of amidine groups is 1. The van der Waals surface area contributed by atoms with E-state index in [1.54, 1.807) is 42.4 Å². The van der Waals surface area contributed by atoms with Gasteiger partial charge in [-0.15, -0.1) is 5.53 Å². The van der Waals surface area contributed by atoms with Gasteiger partial charge in [0.1, 0.15) is 5.84 Å². The van der Waals surface area contributed by atoms with Gasteiger partial charge < -0.3 is 5.32 Å². The maximum absolute atomic E-state index is 12.9. The first-order chi connectivity index (χ1) is 11.6. The van der Waals surface area contributed by atoms with Gasteiger partial charge in [-0.05, 0) is 24.3 Å². The summed E-state index contributed by atoms with van der Waals surface area (Å²) in [5.74, 6) is 1.02. The number of hydrogen-bond donors (Lipinski definition) is 3. The molecule has 0 radical (unpaired) electrons. The number of aliphatic imine (C=N–C) groups is 1. The third-order valence-corrected chi connectivity index (χ3v) is 5.63. The zero-order chi connectivity index (χ0) is 16.7. The molecule has 0 fully saturated rings. The highest BCUT2D eigenvalue weighted by atomic mass is 32.2. The highest BCUT2D eigenvalue weighted by molar-refractivity contribution is 7.95. The fourth-order valence-electron chi connectivity index (χ4n) is 2.75. The van der Waals surface area contributed by atoms with Crippen LogP contribution in [0.15, 0.2) is 75.3 Å². The quantitative estimate of drug-likeness (QED) is 0.758. The lowest BCUT2D eigenvalue weighted by Crippen LogP contribution is -2.46. The molecule has 0 amide bonds. The number of para-hydroxylation sites is 1. The molecule has 0 unspecified atom stereocenters. The van der Waals surface area contributed by atoms with Crippen molar-refractivity contribution in [2.24, 2.45) is 4.99 Å². The Kier molecular flexibility index (Phi) is 3.29. The molecule has 7 nitrogen and oxygen atoms in total. The van der Waals surface area contributed by atoms with Crippen molar-refractivity contribution in [3.05, 3.63) is 71.0 Å². The molecule has 2 heterocycles. The Morgan fingerprint density at radius 1 is 1.00 bits per heavy atom. The Hall–Kier alpha value is -2.84. The monoisotopic (exact) mass is 341 g/mol. The summed E-state index contributed by atoms with van der Waals surface area (Å²) in [5.41, 5.74) is 7.37. The van der Waals surface area contributed by atoms with Crippen LogP contribution in [0.3, 0.4) is 0 Å². The van der Waals surface area contributed by atoms with Gasteiger partial charge in [0.2, 0.25) is 9.84 Å². The molecule has 0 aliphatic carbocycles. The summed E-state index contributed by atoms with van der Waals surface area (Å²) in [6.07, 6.45) is 0. The summed E-state index contributed by atoms with van der Waals surface area (Å²) in [4.78, 5) is 4.45. The van der Waals surface area contributed by atoms with Gasteiger partial charge in [0, 0.05) is 12.6 Å². The molecule has 2 aliphatic heterocycles. The third kappa shape index (κ3) is 2.08. The third-order valence-electron chi connectivity index (χ3n) is 3.90. The fourth-order valence-corrected chi connectivity index (χ4v) is 4.08. The van der Waals surface area contributed by atoms with E-state index in [1.807, 2.05) is 24.3 Å². The van der Waals surface area contributed by atoms with Crippen molar-refractivity contribution in [1.29, 1.82) is 0 Å². The Labute approximate surface area is 139 Å². The standard InChI is InChI=1S/C16H15N5O2S/c1-17-14-12-9-5-6-10-13(12)21-15(18-14)16(19-20-21)24(22,23)11-7-3-2-4-8-11/h2-10,19-20H,1H3,(H,17,18). The lowest BCUT2D eigenvalue weighted by Gasteiger charge is -2.29. The maximum atomic E-state index is 12.9. The molecule has 0 saturated carbocycles. The van der Waals surface area contributed by atoms with Crippen LogP contribution in [0, 0.1) is 0 Å². The number of nitrogens with one attached hydrogen (secondary N) is 3. The summed E-state index contributed by atoms with van der Waals surface area (Å²) >= 11 is 0. The second-order valence-electron chi connectivity index (χ2n) is 5.28. The van der Waals surface area contributed by atoms with Crippen LogP contribution in [0.2, 0.25) is 0 Å². The van der Waals surface area contributed by atoms with E-state index in [4.69, 9.17) is 0 Å². The molecule has 122 valence electrons. The van der Waals surface area contributed by atoms with Crippen molar-refractivity contribution in [3.63, 3.8) is 0 Å². The summed E-state index contributed by atoms with van der Waals surface area (Å²) < 4.78 is 25.9. The van der Waals surface area contributed by atoms with Gasteiger partial charge in [0.05, 0.1) is 10.6 Å². The van der Waals surface area contributed by atoms with Gasteiger partial charge in [-0.2, -0.15) is 0 Å². The van der Waals surface area contributed by atoms with Crippen molar-refractivity contribution in [2.45, 2.75) is 4.90 Å². The predicted octanol–water partition coefficient (Wildman–Crippen LogP) is 1.10. The second kappa shape index (κ2) is 5.36. The van der Waals surface area contributed by atoms with Crippen LogP contribution in [-0.2, 0) is 9.84 Å². The molecule has 3 N–H and O–H groups in total. The van der Waals surface area contributed by atoms with E-state index in [2.05, 4.69) is 21.3 Å². The lowest BCUT2D eigenvalue weighted by atomic mass is 10.1. The Morgan fingerprint density at radius 3 is 2.46 bits per heavy atom. The molecule has 2 aliphatic rings. The van der Waals surface area contributed by atoms with Crippen LogP contribution in [0.5, 0.6) is 0 Å². The van der Waals surface area contributed by atoms with E-state index >= 15 is 0 Å². The van der Waals surface area contributed by atoms with E-state index in [0.717, 1.165) is 11.3 Å². The number of anilines is 1. The Morgan fingerprint density at radius 2 is 1.71 bits per heavy atom. The number of hydrazine groups is 2. The summed E-state index contributed by atoms with van der Waals surface area (Å²) in [5, 5.41) is 4.82. The predicted molar refractivity (Wildman–Crippen MR) is 91.4 cm³/mol. The van der Waals surface area contributed by atoms with Crippen molar-refractivity contribution in [1.82, 2.24) is 16.3 Å². The molecular formula is C16H15N5O2S. The van der Waals surface area contributed by atoms with Crippen molar-refractivity contribution in [2.75, 3.05) is 12.1 Å². The second-order valence-corrected chi connectivity index (χ2v) is 7.17. The van der Waals surface area contributed by atoms with E-state index < -0.39 is 9.84 Å². The summed E-state index contributed by atoms with van der Waals surface area (Å²) in [7, 11) is -2.03. The Bertz CT molecular complexity index is 967. The molecule has 0 aromatic heterocycles. The van der Waals surface area contributed by atoms with Gasteiger partial charge in [-0.1, -0.05) is 30.3 Å². The highest BCUT2D eigenvalue weighted by Gasteiger charge is 2.37. The first kappa shape index (κ1) is 14.7. The van der Waals surface area contributed by atoms with Crippen molar-refractivity contribution in [3.8, 4) is 0 Å². The molecule has 2 aromatic carbocycles. The number of hydrogen-bond acceptors (Lipinski definition) is 6. The number of benzene rings is 2. The zero-order valence-corrected chi connectivity index (χ0v) is 13.6. The van der Waals surface area contributed by atoms with Crippen molar-refractivity contribution < 1.29 is 8.42 Å². The van der Waals surface area contributed by atoms with Gasteiger partial charge in [-0.3, -0.25) is 10.4 Å². The number of nitrogens with zero attached hydrogens (tertiary/aromatic N) is 2. The average Bonchev–Trinajstić information content (AvgIpc) is 3.06. The van der Waals surface area contributed by atoms with E-state index in [-0.39, 0.29) is 9.92 Å². The minimum atomic E-state index is -3.70. The summed E-state index contributed by atoms with van der Waals surface area (Å²) in [6, 6.07) is 15.9. The topological polar surface area (TPSA) is 85.8 Å². The molecular weight excluding hydrogens is 326 g/mol. The molecule has 2 aromatic rings. The first-order valence-electron chi connectivity index (χ1n) is 7.32. The smallest absolute Gasteiger partial charge is 0.226 e. The number of sulfone groups is 1. The van der Waals surface area contributed by atoms with E-state index in [9.17, 15) is 8.42 Å². The van der Waals surface area contributed by atoms with Crippen LogP contribution in [0.4, 0.5) is 5.69 Å². The molecule has 0 spiro atoms. The molecule has 24 heavy (non-hydrogen) atoms. The van der Waals surface area contributed by atoms with Crippen LogP contribution in [0.25, 0.3) is 0 Å². The van der Waals surface area contributed by atoms with Gasteiger partial charge in [-0.25, -0.2) is 13.4 Å². The Balaban J connectivity index is 1.89. The number of fused-ring (bicyclic) bond motifs is 3. The number of rotatable bonds is 2. The highest BCUT2D eigenvalue weighted by Crippen LogP contribution is 2.32. The summed E-state index contributed by atoms with van der Waals surface area (Å²) in [6.45, 7) is 0. The van der Waals surface area contributed by atoms with Crippen LogP contribution < -0.4 is 21.3 Å². The van der Waals surface area contributed by atoms with E-state index in [0.29, 0.717) is 11.7 Å². The lowest BCUT2D eigenvalue weighted by molar-refractivity contribution is 0.592. The first-order valence-corrected chi connectivity index (χ1v) is 8.80. The van der Waals surface area contributed by atoms with E-state index in [1.165, 1.54) is 0 Å². The van der Waals surface area contributed by atoms with Crippen molar-refractivity contribution >= 4 is 21.4 Å². The molecule has 4 rings (SSSR count). The van der Waals surface area contributed by atoms with Gasteiger partial charge in [0.15, 0.2) is 10.9 Å². The fraction of sp³-hybridized carbons (Fsp3) is 0.0625. The largest absolute Gasteiger partial charge is 0.323 e. The van der Waals surface area contributed by atoms with Crippen LogP contribution in [-0.4, -0.2) is 21.3 Å². The van der Waals surface area contributed by atoms with Crippen LogP contribution >= 0.6 is 0 Å².